The summed E-state index contributed by atoms with van der Waals surface area (Å²) < 4.78 is 45.2. The van der Waals surface area contributed by atoms with Gasteiger partial charge in [0.1, 0.15) is 0 Å². The first-order valence-electron chi connectivity index (χ1n) is 6.18. The van der Waals surface area contributed by atoms with Crippen molar-refractivity contribution < 1.29 is 23.0 Å². The molecule has 1 aliphatic rings. The second-order valence-corrected chi connectivity index (χ2v) is 5.71. The number of halogens is 4. The van der Waals surface area contributed by atoms with E-state index in [9.17, 15) is 13.2 Å². The summed E-state index contributed by atoms with van der Waals surface area (Å²) in [6.45, 7) is 2.12. The number of hydrogen-bond donors (Lipinski definition) is 1. The smallest absolute Gasteiger partial charge is 0.394 e. The molecule has 2 unspecified atom stereocenters. The van der Waals surface area contributed by atoms with Crippen LogP contribution in [0.4, 0.5) is 18.9 Å². The van der Waals surface area contributed by atoms with Crippen molar-refractivity contribution in [2.45, 2.75) is 25.2 Å². The van der Waals surface area contributed by atoms with Gasteiger partial charge in [0.2, 0.25) is 0 Å². The lowest BCUT2D eigenvalue weighted by Crippen LogP contribution is -2.50. The molecule has 1 aromatic rings. The zero-order valence-corrected chi connectivity index (χ0v) is 12.4. The molecule has 2 rings (SSSR count). The van der Waals surface area contributed by atoms with E-state index in [1.54, 1.807) is 17.9 Å². The lowest BCUT2D eigenvalue weighted by molar-refractivity contribution is -0.137. The second kappa shape index (κ2) is 5.91. The maximum absolute atomic E-state index is 13.2. The summed E-state index contributed by atoms with van der Waals surface area (Å²) >= 11 is 3.07. The predicted molar refractivity (Wildman–Crippen MR) is 72.8 cm³/mol. The highest BCUT2D eigenvalue weighted by Crippen LogP contribution is 2.39. The van der Waals surface area contributed by atoms with Gasteiger partial charge in [-0.3, -0.25) is 0 Å². The summed E-state index contributed by atoms with van der Waals surface area (Å²) in [7, 11) is 0. The summed E-state index contributed by atoms with van der Waals surface area (Å²) in [5.74, 6) is 0. The number of benzene rings is 1. The van der Waals surface area contributed by atoms with Gasteiger partial charge in [0.15, 0.2) is 0 Å². The van der Waals surface area contributed by atoms with Crippen LogP contribution in [0.5, 0.6) is 0 Å². The molecule has 0 amide bonds. The molecule has 1 fully saturated rings. The zero-order chi connectivity index (χ0) is 14.9. The standard InChI is InChI=1S/C13H15BrF3NO2/c1-8-7-20-10(6-19)5-18(8)12-3-2-9(14)4-11(12)13(15,16)17/h2-4,8,10,19H,5-7H2,1H3. The fourth-order valence-electron chi connectivity index (χ4n) is 2.25. The highest BCUT2D eigenvalue weighted by atomic mass is 79.9. The Labute approximate surface area is 123 Å². The molecule has 0 bridgehead atoms. The summed E-state index contributed by atoms with van der Waals surface area (Å²) in [5.41, 5.74) is -0.563. The average molecular weight is 354 g/mol. The van der Waals surface area contributed by atoms with Gasteiger partial charge in [-0.05, 0) is 25.1 Å². The number of rotatable bonds is 2. The molecule has 1 saturated heterocycles. The molecule has 3 nitrogen and oxygen atoms in total. The third kappa shape index (κ3) is 3.27. The van der Waals surface area contributed by atoms with Crippen LogP contribution in [-0.4, -0.2) is 37.0 Å². The summed E-state index contributed by atoms with van der Waals surface area (Å²) in [6.07, 6.45) is -4.89. The Bertz CT molecular complexity index is 481. The van der Waals surface area contributed by atoms with Crippen molar-refractivity contribution in [2.75, 3.05) is 24.7 Å². The number of morpholine rings is 1. The molecular weight excluding hydrogens is 339 g/mol. The van der Waals surface area contributed by atoms with Crippen molar-refractivity contribution >= 4 is 21.6 Å². The lowest BCUT2D eigenvalue weighted by atomic mass is 10.1. The van der Waals surface area contributed by atoms with E-state index in [-0.39, 0.29) is 24.9 Å². The highest BCUT2D eigenvalue weighted by molar-refractivity contribution is 9.10. The third-order valence-corrected chi connectivity index (χ3v) is 3.78. The Balaban J connectivity index is 2.40. The number of ether oxygens (including phenoxy) is 1. The molecular formula is C13H15BrF3NO2. The first kappa shape index (κ1) is 15.6. The summed E-state index contributed by atoms with van der Waals surface area (Å²) in [5, 5.41) is 9.13. The molecule has 1 heterocycles. The molecule has 1 aromatic carbocycles. The van der Waals surface area contributed by atoms with Gasteiger partial charge in [0.25, 0.3) is 0 Å². The number of anilines is 1. The van der Waals surface area contributed by atoms with Crippen LogP contribution in [0.2, 0.25) is 0 Å². The van der Waals surface area contributed by atoms with Crippen molar-refractivity contribution in [3.63, 3.8) is 0 Å². The topological polar surface area (TPSA) is 32.7 Å². The fourth-order valence-corrected chi connectivity index (χ4v) is 2.61. The molecule has 0 aliphatic carbocycles. The van der Waals surface area contributed by atoms with Crippen molar-refractivity contribution in [1.82, 2.24) is 0 Å². The molecule has 2 atom stereocenters. The number of aliphatic hydroxyl groups is 1. The SMILES string of the molecule is CC1COC(CO)CN1c1ccc(Br)cc1C(F)(F)F. The highest BCUT2D eigenvalue weighted by Gasteiger charge is 2.37. The van der Waals surface area contributed by atoms with Gasteiger partial charge in [-0.2, -0.15) is 13.2 Å². The molecule has 0 radical (unpaired) electrons. The van der Waals surface area contributed by atoms with Gasteiger partial charge in [0, 0.05) is 22.7 Å². The van der Waals surface area contributed by atoms with E-state index in [1.807, 2.05) is 0 Å². The van der Waals surface area contributed by atoms with Crippen molar-refractivity contribution in [3.05, 3.63) is 28.2 Å². The van der Waals surface area contributed by atoms with Crippen LogP contribution < -0.4 is 4.90 Å². The lowest BCUT2D eigenvalue weighted by Gasteiger charge is -2.40. The number of alkyl halides is 3. The maximum Gasteiger partial charge on any atom is 0.418 e. The van der Waals surface area contributed by atoms with E-state index in [1.165, 1.54) is 6.07 Å². The molecule has 0 spiro atoms. The van der Waals surface area contributed by atoms with Gasteiger partial charge in [-0.1, -0.05) is 15.9 Å². The van der Waals surface area contributed by atoms with Crippen LogP contribution in [0.25, 0.3) is 0 Å². The quantitative estimate of drug-likeness (QED) is 0.886. The van der Waals surface area contributed by atoms with E-state index < -0.39 is 17.8 Å². The Morgan fingerprint density at radius 2 is 2.15 bits per heavy atom. The van der Waals surface area contributed by atoms with E-state index in [0.717, 1.165) is 6.07 Å². The van der Waals surface area contributed by atoms with Crippen LogP contribution in [0.3, 0.4) is 0 Å². The Kier molecular flexibility index (Phi) is 4.61. The van der Waals surface area contributed by atoms with E-state index >= 15 is 0 Å². The van der Waals surface area contributed by atoms with Crippen molar-refractivity contribution in [2.24, 2.45) is 0 Å². The minimum absolute atomic E-state index is 0.120. The minimum atomic E-state index is -4.42. The number of hydrogen-bond acceptors (Lipinski definition) is 3. The molecule has 7 heteroatoms. The van der Waals surface area contributed by atoms with Crippen LogP contribution in [0, 0.1) is 0 Å². The maximum atomic E-state index is 13.2. The van der Waals surface area contributed by atoms with Crippen LogP contribution in [0.15, 0.2) is 22.7 Å². The third-order valence-electron chi connectivity index (χ3n) is 3.28. The molecule has 1 aliphatic heterocycles. The van der Waals surface area contributed by atoms with E-state index in [4.69, 9.17) is 9.84 Å². The first-order valence-corrected chi connectivity index (χ1v) is 6.98. The van der Waals surface area contributed by atoms with Gasteiger partial charge in [-0.25, -0.2) is 0 Å². The van der Waals surface area contributed by atoms with Crippen LogP contribution in [0.1, 0.15) is 12.5 Å². The van der Waals surface area contributed by atoms with E-state index in [0.29, 0.717) is 11.1 Å². The summed E-state index contributed by atoms with van der Waals surface area (Å²) in [4.78, 5) is 1.64. The van der Waals surface area contributed by atoms with Crippen molar-refractivity contribution in [3.8, 4) is 0 Å². The Morgan fingerprint density at radius 3 is 2.75 bits per heavy atom. The molecule has 0 saturated carbocycles. The largest absolute Gasteiger partial charge is 0.418 e. The molecule has 20 heavy (non-hydrogen) atoms. The van der Waals surface area contributed by atoms with Crippen molar-refractivity contribution in [1.29, 1.82) is 0 Å². The zero-order valence-electron chi connectivity index (χ0n) is 10.8. The van der Waals surface area contributed by atoms with E-state index in [2.05, 4.69) is 15.9 Å². The fraction of sp³-hybridized carbons (Fsp3) is 0.538. The summed E-state index contributed by atoms with van der Waals surface area (Å²) in [6, 6.07) is 3.93. The second-order valence-electron chi connectivity index (χ2n) is 4.80. The van der Waals surface area contributed by atoms with Gasteiger partial charge in [0.05, 0.1) is 24.9 Å². The van der Waals surface area contributed by atoms with Gasteiger partial charge in [-0.15, -0.1) is 0 Å². The minimum Gasteiger partial charge on any atom is -0.394 e. The number of nitrogens with zero attached hydrogens (tertiary/aromatic N) is 1. The molecule has 0 aromatic heterocycles. The molecule has 1 N–H and O–H groups in total. The monoisotopic (exact) mass is 353 g/mol. The van der Waals surface area contributed by atoms with Gasteiger partial charge < -0.3 is 14.7 Å². The predicted octanol–water partition coefficient (Wildman–Crippen LogP) is 3.05. The number of aliphatic hydroxyl groups excluding tert-OH is 1. The molecule has 112 valence electrons. The van der Waals surface area contributed by atoms with Crippen LogP contribution in [-0.2, 0) is 10.9 Å². The Morgan fingerprint density at radius 1 is 1.45 bits per heavy atom. The Hall–Kier alpha value is -0.790. The van der Waals surface area contributed by atoms with Gasteiger partial charge >= 0.3 is 6.18 Å². The average Bonchev–Trinajstić information content (AvgIpc) is 2.38. The van der Waals surface area contributed by atoms with Crippen LogP contribution >= 0.6 is 15.9 Å². The first-order chi connectivity index (χ1) is 9.32. The normalized spacial score (nSPS) is 24.0.